The summed E-state index contributed by atoms with van der Waals surface area (Å²) in [6, 6.07) is 6.15. The lowest BCUT2D eigenvalue weighted by Crippen LogP contribution is -2.25. The summed E-state index contributed by atoms with van der Waals surface area (Å²) >= 11 is 0. The Kier molecular flexibility index (Phi) is 4.89. The van der Waals surface area contributed by atoms with Crippen molar-refractivity contribution in [2.45, 2.75) is 39.7 Å². The molecule has 0 unspecified atom stereocenters. The van der Waals surface area contributed by atoms with Gasteiger partial charge in [-0.15, -0.1) is 0 Å². The van der Waals surface area contributed by atoms with Crippen LogP contribution in [-0.4, -0.2) is 17.0 Å². The number of carboxylic acid groups (broad SMARTS) is 1. The molecule has 4 heteroatoms. The maximum Gasteiger partial charge on any atom is 0.312 e. The van der Waals surface area contributed by atoms with Gasteiger partial charge in [0.2, 0.25) is 5.91 Å². The molecule has 1 aromatic rings. The van der Waals surface area contributed by atoms with Crippen LogP contribution in [0.25, 0.3) is 0 Å². The molecule has 2 N–H and O–H groups in total. The van der Waals surface area contributed by atoms with E-state index >= 15 is 0 Å². The first-order chi connectivity index (χ1) is 8.40. The minimum absolute atomic E-state index is 0.374. The summed E-state index contributed by atoms with van der Waals surface area (Å²) in [5, 5.41) is 11.1. The van der Waals surface area contributed by atoms with Gasteiger partial charge in [0.25, 0.3) is 0 Å². The molecule has 1 aromatic carbocycles. The Hall–Kier alpha value is -1.84. The molecule has 0 aromatic heterocycles. The van der Waals surface area contributed by atoms with Crippen molar-refractivity contribution in [2.75, 3.05) is 0 Å². The van der Waals surface area contributed by atoms with E-state index in [1.807, 2.05) is 13.0 Å². The molecule has 1 rings (SSSR count). The molecular formula is C14H19NO3. The van der Waals surface area contributed by atoms with Gasteiger partial charge in [-0.1, -0.05) is 32.0 Å². The van der Waals surface area contributed by atoms with Gasteiger partial charge < -0.3 is 10.4 Å². The smallest absolute Gasteiger partial charge is 0.312 e. The fraction of sp³-hybridized carbons (Fsp3) is 0.429. The summed E-state index contributed by atoms with van der Waals surface area (Å²) in [6.07, 6.45) is -0.483. The summed E-state index contributed by atoms with van der Waals surface area (Å²) in [5.74, 6) is -1.14. The number of nitrogens with one attached hydrogen (secondary N) is 1. The van der Waals surface area contributed by atoms with Crippen molar-refractivity contribution < 1.29 is 14.7 Å². The number of aryl methyl sites for hydroxylation is 1. The van der Waals surface area contributed by atoms with Crippen molar-refractivity contribution in [3.8, 4) is 0 Å². The average Bonchev–Trinajstić information content (AvgIpc) is 2.26. The largest absolute Gasteiger partial charge is 0.481 e. The van der Waals surface area contributed by atoms with E-state index in [4.69, 9.17) is 5.11 Å². The molecule has 0 radical (unpaired) electrons. The van der Waals surface area contributed by atoms with Crippen LogP contribution in [0.2, 0.25) is 0 Å². The van der Waals surface area contributed by atoms with Crippen LogP contribution < -0.4 is 5.32 Å². The average molecular weight is 249 g/mol. The lowest BCUT2D eigenvalue weighted by atomic mass is 9.98. The molecule has 1 amide bonds. The number of carbonyl (C=O) groups excluding carboxylic acids is 1. The van der Waals surface area contributed by atoms with Crippen LogP contribution >= 0.6 is 0 Å². The molecule has 0 aliphatic rings. The van der Waals surface area contributed by atoms with Crippen LogP contribution in [-0.2, 0) is 16.1 Å². The molecule has 0 aliphatic heterocycles. The van der Waals surface area contributed by atoms with E-state index in [1.165, 1.54) is 5.56 Å². The monoisotopic (exact) mass is 249 g/mol. The van der Waals surface area contributed by atoms with Gasteiger partial charge in [0, 0.05) is 6.54 Å². The number of hydrogen-bond donors (Lipinski definition) is 2. The maximum atomic E-state index is 11.3. The molecule has 98 valence electrons. The standard InChI is InChI=1S/C14H19NO3/c1-9(2)11-5-4-10(3)12(6-11)8-15-13(16)7-14(17)18/h4-6,9H,7-8H2,1-3H3,(H,15,16)(H,17,18). The van der Waals surface area contributed by atoms with Crippen molar-refractivity contribution in [3.63, 3.8) is 0 Å². The minimum Gasteiger partial charge on any atom is -0.481 e. The quantitative estimate of drug-likeness (QED) is 0.786. The van der Waals surface area contributed by atoms with E-state index < -0.39 is 18.3 Å². The third-order valence-electron chi connectivity index (χ3n) is 2.83. The normalized spacial score (nSPS) is 10.4. The first-order valence-corrected chi connectivity index (χ1v) is 5.98. The van der Waals surface area contributed by atoms with Crippen LogP contribution in [0.5, 0.6) is 0 Å². The van der Waals surface area contributed by atoms with E-state index in [2.05, 4.69) is 31.3 Å². The van der Waals surface area contributed by atoms with Crippen LogP contribution in [0.15, 0.2) is 18.2 Å². The van der Waals surface area contributed by atoms with Crippen LogP contribution in [0.1, 0.15) is 42.9 Å². The van der Waals surface area contributed by atoms with Crippen molar-refractivity contribution in [2.24, 2.45) is 0 Å². The van der Waals surface area contributed by atoms with E-state index in [9.17, 15) is 9.59 Å². The van der Waals surface area contributed by atoms with Crippen LogP contribution in [0.3, 0.4) is 0 Å². The maximum absolute atomic E-state index is 11.3. The number of amides is 1. The fourth-order valence-electron chi connectivity index (χ4n) is 1.63. The fourth-order valence-corrected chi connectivity index (χ4v) is 1.63. The number of carboxylic acids is 1. The molecule has 4 nitrogen and oxygen atoms in total. The number of carbonyl (C=O) groups is 2. The van der Waals surface area contributed by atoms with Gasteiger partial charge in [-0.05, 0) is 29.5 Å². The zero-order valence-corrected chi connectivity index (χ0v) is 11.0. The zero-order chi connectivity index (χ0) is 13.7. The summed E-state index contributed by atoms with van der Waals surface area (Å²) in [4.78, 5) is 21.6. The summed E-state index contributed by atoms with van der Waals surface area (Å²) in [6.45, 7) is 6.57. The lowest BCUT2D eigenvalue weighted by Gasteiger charge is -2.12. The molecule has 0 spiro atoms. The molecule has 18 heavy (non-hydrogen) atoms. The summed E-state index contributed by atoms with van der Waals surface area (Å²) < 4.78 is 0. The Morgan fingerprint density at radius 1 is 1.33 bits per heavy atom. The van der Waals surface area contributed by atoms with Crippen molar-refractivity contribution in [3.05, 3.63) is 34.9 Å². The van der Waals surface area contributed by atoms with Gasteiger partial charge in [0.1, 0.15) is 6.42 Å². The molecule has 0 atom stereocenters. The van der Waals surface area contributed by atoms with Crippen molar-refractivity contribution in [1.29, 1.82) is 0 Å². The lowest BCUT2D eigenvalue weighted by molar-refractivity contribution is -0.140. The highest BCUT2D eigenvalue weighted by atomic mass is 16.4. The third kappa shape index (κ3) is 4.20. The van der Waals surface area contributed by atoms with E-state index in [0.717, 1.165) is 11.1 Å². The predicted octanol–water partition coefficient (Wildman–Crippen LogP) is 2.21. The first kappa shape index (κ1) is 14.2. The first-order valence-electron chi connectivity index (χ1n) is 5.98. The highest BCUT2D eigenvalue weighted by Gasteiger charge is 2.08. The Morgan fingerprint density at radius 3 is 2.56 bits per heavy atom. The van der Waals surface area contributed by atoms with E-state index in [1.54, 1.807) is 0 Å². The molecule has 0 saturated carbocycles. The van der Waals surface area contributed by atoms with Gasteiger partial charge in [-0.3, -0.25) is 9.59 Å². The number of benzene rings is 1. The van der Waals surface area contributed by atoms with Gasteiger partial charge >= 0.3 is 5.97 Å². The second-order valence-corrected chi connectivity index (χ2v) is 4.69. The van der Waals surface area contributed by atoms with Crippen LogP contribution in [0, 0.1) is 6.92 Å². The Balaban J connectivity index is 2.69. The predicted molar refractivity (Wildman–Crippen MR) is 69.4 cm³/mol. The summed E-state index contributed by atoms with van der Waals surface area (Å²) in [5.41, 5.74) is 3.33. The molecule has 0 heterocycles. The van der Waals surface area contributed by atoms with Gasteiger partial charge in [-0.25, -0.2) is 0 Å². The van der Waals surface area contributed by atoms with Crippen molar-refractivity contribution >= 4 is 11.9 Å². The zero-order valence-electron chi connectivity index (χ0n) is 11.0. The number of hydrogen-bond acceptors (Lipinski definition) is 2. The van der Waals surface area contributed by atoms with Crippen LogP contribution in [0.4, 0.5) is 0 Å². The van der Waals surface area contributed by atoms with Gasteiger partial charge in [-0.2, -0.15) is 0 Å². The molecule has 0 aliphatic carbocycles. The van der Waals surface area contributed by atoms with Crippen molar-refractivity contribution in [1.82, 2.24) is 5.32 Å². The number of rotatable bonds is 5. The topological polar surface area (TPSA) is 66.4 Å². The second-order valence-electron chi connectivity index (χ2n) is 4.69. The SMILES string of the molecule is Cc1ccc(C(C)C)cc1CNC(=O)CC(=O)O. The molecule has 0 saturated heterocycles. The molecule has 0 fully saturated rings. The highest BCUT2D eigenvalue weighted by molar-refractivity contribution is 5.93. The van der Waals surface area contributed by atoms with Gasteiger partial charge in [0.05, 0.1) is 0 Å². The Morgan fingerprint density at radius 2 is 2.00 bits per heavy atom. The second kappa shape index (κ2) is 6.19. The van der Waals surface area contributed by atoms with E-state index in [-0.39, 0.29) is 0 Å². The number of aliphatic carboxylic acids is 1. The Labute approximate surface area is 107 Å². The van der Waals surface area contributed by atoms with E-state index in [0.29, 0.717) is 12.5 Å². The summed E-state index contributed by atoms with van der Waals surface area (Å²) in [7, 11) is 0. The highest BCUT2D eigenvalue weighted by Crippen LogP contribution is 2.18. The van der Waals surface area contributed by atoms with Gasteiger partial charge in [0.15, 0.2) is 0 Å². The molecular weight excluding hydrogens is 230 g/mol. The third-order valence-corrected chi connectivity index (χ3v) is 2.83. The minimum atomic E-state index is -1.11. The molecule has 0 bridgehead atoms. The Bertz CT molecular complexity index is 452.